The predicted octanol–water partition coefficient (Wildman–Crippen LogP) is 2.73. The first kappa shape index (κ1) is 17.4. The third-order valence-electron chi connectivity index (χ3n) is 5.31. The van der Waals surface area contributed by atoms with Gasteiger partial charge in [0.25, 0.3) is 0 Å². The predicted molar refractivity (Wildman–Crippen MR) is 91.0 cm³/mol. The van der Waals surface area contributed by atoms with Crippen LogP contribution in [0.2, 0.25) is 0 Å². The van der Waals surface area contributed by atoms with Crippen molar-refractivity contribution >= 4 is 5.91 Å². The van der Waals surface area contributed by atoms with E-state index in [1.165, 1.54) is 38.1 Å². The molecule has 1 N–H and O–H groups in total. The fourth-order valence-electron chi connectivity index (χ4n) is 3.93. The van der Waals surface area contributed by atoms with E-state index >= 15 is 0 Å². The number of hydrogen-bond acceptors (Lipinski definition) is 3. The molecule has 1 aromatic rings. The number of carbonyl (C=O) groups is 1. The highest BCUT2D eigenvalue weighted by Gasteiger charge is 2.27. The van der Waals surface area contributed by atoms with Crippen molar-refractivity contribution in [3.63, 3.8) is 0 Å². The number of hydrogen-bond donors (Lipinski definition) is 1. The van der Waals surface area contributed by atoms with E-state index in [2.05, 4.69) is 4.90 Å². The number of aliphatic hydroxyl groups is 1. The highest BCUT2D eigenvalue weighted by molar-refractivity contribution is 5.77. The quantitative estimate of drug-likeness (QED) is 0.921. The summed E-state index contributed by atoms with van der Waals surface area (Å²) in [6.45, 7) is 3.91. The van der Waals surface area contributed by atoms with E-state index in [1.54, 1.807) is 12.1 Å². The summed E-state index contributed by atoms with van der Waals surface area (Å²) >= 11 is 0. The lowest BCUT2D eigenvalue weighted by molar-refractivity contribution is -0.133. The molecular weight excluding hydrogens is 307 g/mol. The molecule has 2 heterocycles. The van der Waals surface area contributed by atoms with Gasteiger partial charge in [0.15, 0.2) is 0 Å². The highest BCUT2D eigenvalue weighted by atomic mass is 19.1. The molecule has 2 aliphatic heterocycles. The van der Waals surface area contributed by atoms with Crippen molar-refractivity contribution < 1.29 is 14.3 Å². The first-order chi connectivity index (χ1) is 11.6. The second-order valence-electron chi connectivity index (χ2n) is 6.98. The van der Waals surface area contributed by atoms with Gasteiger partial charge in [0, 0.05) is 19.1 Å². The third kappa shape index (κ3) is 4.33. The topological polar surface area (TPSA) is 43.8 Å². The average molecular weight is 334 g/mol. The van der Waals surface area contributed by atoms with Crippen LogP contribution in [0.3, 0.4) is 0 Å². The van der Waals surface area contributed by atoms with Gasteiger partial charge in [0.2, 0.25) is 5.91 Å². The van der Waals surface area contributed by atoms with Crippen LogP contribution in [-0.2, 0) is 4.79 Å². The molecule has 132 valence electrons. The van der Waals surface area contributed by atoms with Crippen LogP contribution < -0.4 is 0 Å². The van der Waals surface area contributed by atoms with Gasteiger partial charge in [-0.05, 0) is 62.9 Å². The summed E-state index contributed by atoms with van der Waals surface area (Å²) in [6.07, 6.45) is 4.85. The lowest BCUT2D eigenvalue weighted by Gasteiger charge is -2.26. The molecule has 2 fully saturated rings. The van der Waals surface area contributed by atoms with E-state index in [9.17, 15) is 14.3 Å². The molecule has 24 heavy (non-hydrogen) atoms. The van der Waals surface area contributed by atoms with Crippen LogP contribution in [0.15, 0.2) is 24.3 Å². The SMILES string of the molecule is O=C(CC(O)c1cccc(F)c1)N1CCCC(N2CCCC2)CC1. The lowest BCUT2D eigenvalue weighted by atomic mass is 10.1. The number of nitrogens with zero attached hydrogens (tertiary/aromatic N) is 2. The minimum absolute atomic E-state index is 0.0256. The van der Waals surface area contributed by atoms with Crippen molar-refractivity contribution in [3.05, 3.63) is 35.6 Å². The van der Waals surface area contributed by atoms with Gasteiger partial charge in [-0.15, -0.1) is 0 Å². The fourth-order valence-corrected chi connectivity index (χ4v) is 3.93. The summed E-state index contributed by atoms with van der Waals surface area (Å²) in [5, 5.41) is 10.2. The van der Waals surface area contributed by atoms with Gasteiger partial charge in [-0.3, -0.25) is 4.79 Å². The van der Waals surface area contributed by atoms with Crippen LogP contribution in [-0.4, -0.2) is 53.0 Å². The maximum atomic E-state index is 13.3. The Labute approximate surface area is 143 Å². The average Bonchev–Trinajstić information content (AvgIpc) is 2.99. The van der Waals surface area contributed by atoms with Crippen LogP contribution in [0.1, 0.15) is 50.2 Å². The summed E-state index contributed by atoms with van der Waals surface area (Å²) in [7, 11) is 0. The number of aliphatic hydroxyl groups excluding tert-OH is 1. The molecule has 1 amide bonds. The molecule has 1 aromatic carbocycles. The summed E-state index contributed by atoms with van der Waals surface area (Å²) < 4.78 is 13.3. The van der Waals surface area contributed by atoms with Gasteiger partial charge in [0.1, 0.15) is 5.82 Å². The maximum Gasteiger partial charge on any atom is 0.225 e. The van der Waals surface area contributed by atoms with Gasteiger partial charge >= 0.3 is 0 Å². The van der Waals surface area contributed by atoms with E-state index < -0.39 is 6.10 Å². The largest absolute Gasteiger partial charge is 0.388 e. The number of amides is 1. The summed E-state index contributed by atoms with van der Waals surface area (Å²) in [5.74, 6) is -0.420. The molecule has 2 aliphatic rings. The van der Waals surface area contributed by atoms with Crippen molar-refractivity contribution in [2.45, 2.75) is 50.7 Å². The Morgan fingerprint density at radius 1 is 1.17 bits per heavy atom. The Hall–Kier alpha value is -1.46. The Kier molecular flexibility index (Phi) is 5.85. The molecule has 3 rings (SSSR count). The van der Waals surface area contributed by atoms with Crippen LogP contribution in [0.4, 0.5) is 4.39 Å². The van der Waals surface area contributed by atoms with Crippen LogP contribution >= 0.6 is 0 Å². The standard InChI is InChI=1S/C19H27FN2O2/c20-16-6-3-5-15(13-16)18(23)14-19(24)22-11-4-7-17(8-12-22)21-9-1-2-10-21/h3,5-6,13,17-18,23H,1-2,4,7-12,14H2. The number of carbonyl (C=O) groups excluding carboxylic acids is 1. The van der Waals surface area contributed by atoms with E-state index in [1.807, 2.05) is 4.90 Å². The maximum absolute atomic E-state index is 13.3. The van der Waals surface area contributed by atoms with Crippen LogP contribution in [0, 0.1) is 5.82 Å². The van der Waals surface area contributed by atoms with E-state index in [0.717, 1.165) is 32.4 Å². The molecule has 0 spiro atoms. The smallest absolute Gasteiger partial charge is 0.225 e. The van der Waals surface area contributed by atoms with Gasteiger partial charge in [-0.1, -0.05) is 12.1 Å². The van der Waals surface area contributed by atoms with Crippen molar-refractivity contribution in [2.75, 3.05) is 26.2 Å². The van der Waals surface area contributed by atoms with Gasteiger partial charge in [0.05, 0.1) is 12.5 Å². The number of rotatable bonds is 4. The van der Waals surface area contributed by atoms with Gasteiger partial charge in [-0.25, -0.2) is 4.39 Å². The first-order valence-electron chi connectivity index (χ1n) is 9.09. The van der Waals surface area contributed by atoms with E-state index in [0.29, 0.717) is 11.6 Å². The zero-order chi connectivity index (χ0) is 16.9. The molecule has 2 unspecified atom stereocenters. The number of likely N-dealkylation sites (tertiary alicyclic amines) is 2. The second kappa shape index (κ2) is 8.08. The zero-order valence-electron chi connectivity index (χ0n) is 14.2. The Morgan fingerprint density at radius 3 is 2.71 bits per heavy atom. The molecule has 2 saturated heterocycles. The Bertz CT molecular complexity index is 560. The minimum Gasteiger partial charge on any atom is -0.388 e. The monoisotopic (exact) mass is 334 g/mol. The van der Waals surface area contributed by atoms with E-state index in [4.69, 9.17) is 0 Å². The molecule has 0 bridgehead atoms. The third-order valence-corrected chi connectivity index (χ3v) is 5.31. The Morgan fingerprint density at radius 2 is 1.96 bits per heavy atom. The molecular formula is C19H27FN2O2. The number of benzene rings is 1. The number of halogens is 1. The molecule has 4 nitrogen and oxygen atoms in total. The van der Waals surface area contributed by atoms with Gasteiger partial charge < -0.3 is 14.9 Å². The first-order valence-corrected chi connectivity index (χ1v) is 9.09. The second-order valence-corrected chi connectivity index (χ2v) is 6.98. The van der Waals surface area contributed by atoms with E-state index in [-0.39, 0.29) is 18.1 Å². The van der Waals surface area contributed by atoms with Gasteiger partial charge in [-0.2, -0.15) is 0 Å². The fraction of sp³-hybridized carbons (Fsp3) is 0.632. The Balaban J connectivity index is 1.53. The zero-order valence-corrected chi connectivity index (χ0v) is 14.2. The van der Waals surface area contributed by atoms with Crippen molar-refractivity contribution in [2.24, 2.45) is 0 Å². The highest BCUT2D eigenvalue weighted by Crippen LogP contribution is 2.23. The lowest BCUT2D eigenvalue weighted by Crippen LogP contribution is -2.36. The molecule has 0 saturated carbocycles. The minimum atomic E-state index is -0.939. The molecule has 0 aromatic heterocycles. The summed E-state index contributed by atoms with van der Waals surface area (Å²) in [5.41, 5.74) is 0.466. The van der Waals surface area contributed by atoms with Crippen molar-refractivity contribution in [1.29, 1.82) is 0 Å². The van der Waals surface area contributed by atoms with Crippen molar-refractivity contribution in [1.82, 2.24) is 9.80 Å². The normalized spacial score (nSPS) is 23.9. The summed E-state index contributed by atoms with van der Waals surface area (Å²) in [6, 6.07) is 6.45. The van der Waals surface area contributed by atoms with Crippen molar-refractivity contribution in [3.8, 4) is 0 Å². The molecule has 0 aliphatic carbocycles. The molecule has 0 radical (unpaired) electrons. The summed E-state index contributed by atoms with van der Waals surface area (Å²) in [4.78, 5) is 16.9. The van der Waals surface area contributed by atoms with Crippen LogP contribution in [0.5, 0.6) is 0 Å². The molecule has 2 atom stereocenters. The van der Waals surface area contributed by atoms with Crippen LogP contribution in [0.25, 0.3) is 0 Å². The molecule has 5 heteroatoms.